The molecule has 2 aromatic carbocycles. The average Bonchev–Trinajstić information content (AvgIpc) is 2.68. The highest BCUT2D eigenvalue weighted by atomic mass is 16.5. The number of aromatic nitrogens is 1. The maximum absolute atomic E-state index is 12.5. The third kappa shape index (κ3) is 3.32. The molecular formula is C22H18N2O4. The average molecular weight is 374 g/mol. The Bertz CT molecular complexity index is 1230. The first-order chi connectivity index (χ1) is 13.5. The molecule has 0 aliphatic carbocycles. The van der Waals surface area contributed by atoms with Gasteiger partial charge in [-0.05, 0) is 49.7 Å². The summed E-state index contributed by atoms with van der Waals surface area (Å²) in [5.74, 6) is 0.632. The molecule has 4 rings (SSSR count). The van der Waals surface area contributed by atoms with E-state index in [9.17, 15) is 9.59 Å². The molecule has 28 heavy (non-hydrogen) atoms. The molecule has 2 aromatic heterocycles. The van der Waals surface area contributed by atoms with Gasteiger partial charge in [-0.15, -0.1) is 0 Å². The van der Waals surface area contributed by atoms with Crippen molar-refractivity contribution in [3.63, 3.8) is 0 Å². The van der Waals surface area contributed by atoms with E-state index in [2.05, 4.69) is 10.3 Å². The molecule has 6 nitrogen and oxygen atoms in total. The highest BCUT2D eigenvalue weighted by Crippen LogP contribution is 2.25. The Morgan fingerprint density at radius 1 is 1.11 bits per heavy atom. The van der Waals surface area contributed by atoms with Crippen molar-refractivity contribution >= 4 is 33.6 Å². The van der Waals surface area contributed by atoms with Crippen molar-refractivity contribution in [2.24, 2.45) is 0 Å². The number of amides is 1. The number of fused-ring (bicyclic) bond motifs is 3. The Kier molecular flexibility index (Phi) is 4.53. The van der Waals surface area contributed by atoms with Crippen LogP contribution in [0.25, 0.3) is 21.9 Å². The minimum absolute atomic E-state index is 0.331. The molecule has 1 atom stereocenters. The predicted molar refractivity (Wildman–Crippen MR) is 108 cm³/mol. The topological polar surface area (TPSA) is 81.4 Å². The van der Waals surface area contributed by atoms with Gasteiger partial charge in [0.1, 0.15) is 17.2 Å². The molecule has 6 heteroatoms. The number of benzene rings is 2. The summed E-state index contributed by atoms with van der Waals surface area (Å²) < 4.78 is 11.0. The summed E-state index contributed by atoms with van der Waals surface area (Å²) in [5.41, 5.74) is 1.18. The molecule has 0 aliphatic rings. The maximum Gasteiger partial charge on any atom is 0.346 e. The number of carbonyl (C=O) groups excluding carboxylic acids is 1. The minimum atomic E-state index is -0.710. The Balaban J connectivity index is 1.68. The normalized spacial score (nSPS) is 12.1. The summed E-state index contributed by atoms with van der Waals surface area (Å²) in [5, 5.41) is 3.89. The van der Waals surface area contributed by atoms with E-state index in [0.717, 1.165) is 0 Å². The number of hydrogen-bond acceptors (Lipinski definition) is 5. The molecule has 140 valence electrons. The van der Waals surface area contributed by atoms with Gasteiger partial charge in [0.2, 0.25) is 0 Å². The summed E-state index contributed by atoms with van der Waals surface area (Å²) in [6.07, 6.45) is -0.710. The molecule has 0 bridgehead atoms. The molecule has 4 aromatic rings. The van der Waals surface area contributed by atoms with Gasteiger partial charge < -0.3 is 14.5 Å². The lowest BCUT2D eigenvalue weighted by Gasteiger charge is -2.15. The maximum atomic E-state index is 12.5. The summed E-state index contributed by atoms with van der Waals surface area (Å²) >= 11 is 0. The van der Waals surface area contributed by atoms with E-state index < -0.39 is 11.7 Å². The molecule has 1 unspecified atom stereocenters. The SMILES string of the molecule is Cc1cc(NC(=O)C(C)Oc2ccccc2)nc2c1c(=O)oc1ccccc12. The smallest absolute Gasteiger partial charge is 0.346 e. The van der Waals surface area contributed by atoms with Crippen LogP contribution in [0.4, 0.5) is 5.82 Å². The van der Waals surface area contributed by atoms with Gasteiger partial charge in [-0.3, -0.25) is 4.79 Å². The van der Waals surface area contributed by atoms with Crippen LogP contribution in [-0.4, -0.2) is 17.0 Å². The molecule has 1 amide bonds. The van der Waals surface area contributed by atoms with Gasteiger partial charge in [0, 0.05) is 5.39 Å². The second kappa shape index (κ2) is 7.15. The van der Waals surface area contributed by atoms with Gasteiger partial charge in [-0.1, -0.05) is 30.3 Å². The molecule has 0 fully saturated rings. The highest BCUT2D eigenvalue weighted by Gasteiger charge is 2.18. The standard InChI is InChI=1S/C22H18N2O4/c1-13-12-18(24-21(25)14(2)27-15-8-4-3-5-9-15)23-20-16-10-6-7-11-17(16)28-22(26)19(13)20/h3-12,14H,1-2H3,(H,23,24,25). The number of aryl methyl sites for hydroxylation is 1. The molecule has 2 heterocycles. The number of para-hydroxylation sites is 2. The fourth-order valence-corrected chi connectivity index (χ4v) is 3.08. The molecule has 0 spiro atoms. The quantitative estimate of drug-likeness (QED) is 0.430. The van der Waals surface area contributed by atoms with Gasteiger partial charge in [0.25, 0.3) is 5.91 Å². The summed E-state index contributed by atoms with van der Waals surface area (Å²) in [6, 6.07) is 18.0. The largest absolute Gasteiger partial charge is 0.481 e. The van der Waals surface area contributed by atoms with Gasteiger partial charge in [-0.2, -0.15) is 0 Å². The van der Waals surface area contributed by atoms with E-state index in [1.165, 1.54) is 0 Å². The van der Waals surface area contributed by atoms with Crippen LogP contribution in [0.3, 0.4) is 0 Å². The van der Waals surface area contributed by atoms with Crippen LogP contribution in [0.1, 0.15) is 12.5 Å². The van der Waals surface area contributed by atoms with E-state index in [-0.39, 0.29) is 5.91 Å². The molecular weight excluding hydrogens is 356 g/mol. The minimum Gasteiger partial charge on any atom is -0.481 e. The summed E-state index contributed by atoms with van der Waals surface area (Å²) in [6.45, 7) is 3.45. The number of ether oxygens (including phenoxy) is 1. The Hall–Kier alpha value is -3.67. The van der Waals surface area contributed by atoms with Crippen LogP contribution in [-0.2, 0) is 4.79 Å². The first kappa shape index (κ1) is 17.7. The second-order valence-corrected chi connectivity index (χ2v) is 6.50. The van der Waals surface area contributed by atoms with E-state index >= 15 is 0 Å². The number of anilines is 1. The van der Waals surface area contributed by atoms with E-state index in [1.807, 2.05) is 30.3 Å². The number of hydrogen-bond donors (Lipinski definition) is 1. The zero-order chi connectivity index (χ0) is 19.7. The number of nitrogens with zero attached hydrogens (tertiary/aromatic N) is 1. The zero-order valence-electron chi connectivity index (χ0n) is 15.4. The predicted octanol–water partition coefficient (Wildman–Crippen LogP) is 4.06. The van der Waals surface area contributed by atoms with Crippen molar-refractivity contribution in [3.05, 3.63) is 76.6 Å². The van der Waals surface area contributed by atoms with Crippen molar-refractivity contribution in [3.8, 4) is 5.75 Å². The molecule has 0 saturated heterocycles. The van der Waals surface area contributed by atoms with Crippen LogP contribution >= 0.6 is 0 Å². The van der Waals surface area contributed by atoms with Gasteiger partial charge in [0.15, 0.2) is 6.10 Å². The number of rotatable bonds is 4. The van der Waals surface area contributed by atoms with Crippen molar-refractivity contribution < 1.29 is 13.9 Å². The van der Waals surface area contributed by atoms with Crippen LogP contribution in [0, 0.1) is 6.92 Å². The van der Waals surface area contributed by atoms with Gasteiger partial charge in [0.05, 0.1) is 10.9 Å². The van der Waals surface area contributed by atoms with Gasteiger partial charge in [-0.25, -0.2) is 9.78 Å². The Morgan fingerprint density at radius 2 is 1.82 bits per heavy atom. The third-order valence-corrected chi connectivity index (χ3v) is 4.44. The number of nitrogens with one attached hydrogen (secondary N) is 1. The lowest BCUT2D eigenvalue weighted by atomic mass is 10.1. The lowest BCUT2D eigenvalue weighted by Crippen LogP contribution is -2.30. The second-order valence-electron chi connectivity index (χ2n) is 6.50. The van der Waals surface area contributed by atoms with Gasteiger partial charge >= 0.3 is 5.63 Å². The highest BCUT2D eigenvalue weighted by molar-refractivity contribution is 6.04. The number of carbonyl (C=O) groups is 1. The van der Waals surface area contributed by atoms with Crippen molar-refractivity contribution in [2.75, 3.05) is 5.32 Å². The van der Waals surface area contributed by atoms with Crippen LogP contribution < -0.4 is 15.7 Å². The van der Waals surface area contributed by atoms with Crippen LogP contribution in [0.15, 0.2) is 69.9 Å². The fraction of sp³-hybridized carbons (Fsp3) is 0.136. The fourth-order valence-electron chi connectivity index (χ4n) is 3.08. The molecule has 0 radical (unpaired) electrons. The van der Waals surface area contributed by atoms with Crippen LogP contribution in [0.2, 0.25) is 0 Å². The first-order valence-electron chi connectivity index (χ1n) is 8.88. The third-order valence-electron chi connectivity index (χ3n) is 4.44. The number of pyridine rings is 1. The van der Waals surface area contributed by atoms with Crippen LogP contribution in [0.5, 0.6) is 5.75 Å². The van der Waals surface area contributed by atoms with E-state index in [1.54, 1.807) is 44.2 Å². The molecule has 0 saturated carbocycles. The summed E-state index contributed by atoms with van der Waals surface area (Å²) in [7, 11) is 0. The van der Waals surface area contributed by atoms with Crippen molar-refractivity contribution in [1.82, 2.24) is 4.98 Å². The Labute approximate surface area is 160 Å². The molecule has 1 N–H and O–H groups in total. The Morgan fingerprint density at radius 3 is 2.61 bits per heavy atom. The summed E-state index contributed by atoms with van der Waals surface area (Å²) in [4.78, 5) is 29.4. The van der Waals surface area contributed by atoms with E-state index in [0.29, 0.717) is 39.0 Å². The first-order valence-corrected chi connectivity index (χ1v) is 8.88. The zero-order valence-corrected chi connectivity index (χ0v) is 15.4. The molecule has 0 aliphatic heterocycles. The lowest BCUT2D eigenvalue weighted by molar-refractivity contribution is -0.122. The van der Waals surface area contributed by atoms with E-state index in [4.69, 9.17) is 9.15 Å². The monoisotopic (exact) mass is 374 g/mol. The van der Waals surface area contributed by atoms with Crippen molar-refractivity contribution in [1.29, 1.82) is 0 Å². The van der Waals surface area contributed by atoms with Crippen molar-refractivity contribution in [2.45, 2.75) is 20.0 Å².